The maximum Gasteiger partial charge on any atom is 0.248 e. The molecule has 0 aliphatic carbocycles. The normalized spacial score (nSPS) is 8.13. The lowest BCUT2D eigenvalue weighted by Crippen LogP contribution is -2.24. The Kier molecular flexibility index (Phi) is 13.5. The van der Waals surface area contributed by atoms with Crippen LogP contribution in [0.2, 0.25) is 0 Å². The number of carbonyl (C=O) groups is 1. The summed E-state index contributed by atoms with van der Waals surface area (Å²) in [5, 5.41) is 10.3. The van der Waals surface area contributed by atoms with Crippen LogP contribution in [0, 0.1) is 0 Å². The predicted octanol–water partition coefficient (Wildman–Crippen LogP) is 1.00. The van der Waals surface area contributed by atoms with Gasteiger partial charge in [0.05, 0.1) is 13.2 Å². The van der Waals surface area contributed by atoms with E-state index in [2.05, 4.69) is 25.1 Å². The maximum atomic E-state index is 10.4. The van der Waals surface area contributed by atoms with Crippen molar-refractivity contribution >= 4 is 5.91 Å². The van der Waals surface area contributed by atoms with Gasteiger partial charge in [0.15, 0.2) is 0 Å². The summed E-state index contributed by atoms with van der Waals surface area (Å²) in [6.45, 7) is 12.8. The van der Waals surface area contributed by atoms with Crippen molar-refractivity contribution in [2.45, 2.75) is 6.92 Å². The summed E-state index contributed by atoms with van der Waals surface area (Å²) in [6.07, 6.45) is 3.42. The average Bonchev–Trinajstić information content (AvgIpc) is 2.20. The first-order valence-electron chi connectivity index (χ1n) is 4.44. The fourth-order valence-corrected chi connectivity index (χ4v) is 0.457. The van der Waals surface area contributed by atoms with E-state index in [-0.39, 0.29) is 12.6 Å². The zero-order valence-electron chi connectivity index (χ0n) is 9.16. The van der Waals surface area contributed by atoms with Crippen molar-refractivity contribution in [3.05, 3.63) is 37.5 Å². The number of nitrogens with one attached hydrogen (secondary N) is 1. The van der Waals surface area contributed by atoms with E-state index < -0.39 is 0 Å². The molecule has 0 aliphatic heterocycles. The summed E-state index contributed by atoms with van der Waals surface area (Å²) in [7, 11) is 0. The Bertz CT molecular complexity index is 204. The van der Waals surface area contributed by atoms with E-state index in [1.807, 2.05) is 0 Å². The lowest BCUT2D eigenvalue weighted by molar-refractivity contribution is -0.118. The largest absolute Gasteiger partial charge is 0.376 e. The molecule has 15 heavy (non-hydrogen) atoms. The van der Waals surface area contributed by atoms with E-state index in [0.29, 0.717) is 18.8 Å². The summed E-state index contributed by atoms with van der Waals surface area (Å²) < 4.78 is 4.90. The molecule has 0 aliphatic rings. The van der Waals surface area contributed by atoms with Gasteiger partial charge in [-0.05, 0) is 6.92 Å². The van der Waals surface area contributed by atoms with E-state index in [9.17, 15) is 4.79 Å². The van der Waals surface area contributed by atoms with Gasteiger partial charge in [-0.25, -0.2) is 0 Å². The van der Waals surface area contributed by atoms with Crippen molar-refractivity contribution < 1.29 is 14.6 Å². The summed E-state index contributed by atoms with van der Waals surface area (Å²) in [6, 6.07) is 0. The van der Waals surface area contributed by atoms with Gasteiger partial charge in [0, 0.05) is 5.57 Å². The zero-order chi connectivity index (χ0) is 12.1. The number of carbonyl (C=O) groups excluding carboxylic acids is 1. The van der Waals surface area contributed by atoms with E-state index in [0.717, 1.165) is 0 Å². The number of aliphatic hydroxyl groups excluding tert-OH is 1. The Morgan fingerprint density at radius 1 is 1.40 bits per heavy atom. The third kappa shape index (κ3) is 15.4. The smallest absolute Gasteiger partial charge is 0.248 e. The predicted molar refractivity (Wildman–Crippen MR) is 61.3 cm³/mol. The second-order valence-electron chi connectivity index (χ2n) is 2.56. The van der Waals surface area contributed by atoms with Gasteiger partial charge in [-0.15, -0.1) is 13.2 Å². The Labute approximate surface area is 90.9 Å². The molecule has 4 heteroatoms. The van der Waals surface area contributed by atoms with Crippen molar-refractivity contribution in [1.82, 2.24) is 5.32 Å². The molecule has 0 fully saturated rings. The van der Waals surface area contributed by atoms with Crippen LogP contribution in [0.15, 0.2) is 37.5 Å². The Balaban J connectivity index is 0. The highest BCUT2D eigenvalue weighted by Gasteiger charge is 1.95. The summed E-state index contributed by atoms with van der Waals surface area (Å²) in [5.41, 5.74) is 0.402. The zero-order valence-corrected chi connectivity index (χ0v) is 9.16. The summed E-state index contributed by atoms with van der Waals surface area (Å²) in [4.78, 5) is 10.4. The van der Waals surface area contributed by atoms with Gasteiger partial charge in [0.2, 0.25) is 5.91 Å². The highest BCUT2D eigenvalue weighted by atomic mass is 16.5. The number of hydrogen-bond acceptors (Lipinski definition) is 3. The van der Waals surface area contributed by atoms with E-state index >= 15 is 0 Å². The van der Waals surface area contributed by atoms with Gasteiger partial charge in [-0.3, -0.25) is 4.79 Å². The van der Waals surface area contributed by atoms with Gasteiger partial charge in [-0.2, -0.15) is 0 Å². The molecule has 0 saturated heterocycles. The van der Waals surface area contributed by atoms with Crippen molar-refractivity contribution in [3.8, 4) is 0 Å². The monoisotopic (exact) mass is 213 g/mol. The average molecular weight is 213 g/mol. The van der Waals surface area contributed by atoms with Gasteiger partial charge in [-0.1, -0.05) is 18.7 Å². The number of hydrogen-bond donors (Lipinski definition) is 2. The van der Waals surface area contributed by atoms with Crippen LogP contribution in [0.4, 0.5) is 0 Å². The fraction of sp³-hybridized carbons (Fsp3) is 0.364. The number of ether oxygens (including phenoxy) is 1. The molecule has 2 N–H and O–H groups in total. The van der Waals surface area contributed by atoms with Crippen molar-refractivity contribution in [3.63, 3.8) is 0 Å². The van der Waals surface area contributed by atoms with E-state index in [1.54, 1.807) is 19.1 Å². The lowest BCUT2D eigenvalue weighted by atomic mass is 10.3. The van der Waals surface area contributed by atoms with Crippen LogP contribution in [0.25, 0.3) is 0 Å². The summed E-state index contributed by atoms with van der Waals surface area (Å²) >= 11 is 0. The first kappa shape index (κ1) is 16.1. The second kappa shape index (κ2) is 12.6. The van der Waals surface area contributed by atoms with Crippen LogP contribution >= 0.6 is 0 Å². The molecule has 0 atom stereocenters. The van der Waals surface area contributed by atoms with Gasteiger partial charge in [0.1, 0.15) is 6.73 Å². The minimum Gasteiger partial charge on any atom is -0.376 e. The fourth-order valence-electron chi connectivity index (χ4n) is 0.457. The second-order valence-corrected chi connectivity index (χ2v) is 2.56. The Morgan fingerprint density at radius 3 is 2.07 bits per heavy atom. The van der Waals surface area contributed by atoms with E-state index in [1.165, 1.54) is 0 Å². The molecule has 0 unspecified atom stereocenters. The molecular formula is C11H19NO3. The number of aliphatic hydroxyl groups is 1. The first-order valence-corrected chi connectivity index (χ1v) is 4.44. The molecule has 0 radical (unpaired) electrons. The Hall–Kier alpha value is -1.39. The molecule has 0 saturated carbocycles. The molecule has 4 nitrogen and oxygen atoms in total. The van der Waals surface area contributed by atoms with Gasteiger partial charge < -0.3 is 15.2 Å². The molecule has 0 bridgehead atoms. The number of amides is 1. The lowest BCUT2D eigenvalue weighted by Gasteiger charge is -1.96. The molecule has 1 amide bonds. The standard InChI is InChI=1S/C6H10O.C5H9NO2/c1-3-5-7-6-4-2;1-4(2)5(8)6-3-7/h3-4H,1-2,5-6H2;7H,1,3H2,2H3,(H,6,8). The SMILES string of the molecule is C=C(C)C(=O)NCO.C=CCOCC=C. The van der Waals surface area contributed by atoms with Crippen molar-refractivity contribution in [2.75, 3.05) is 19.9 Å². The van der Waals surface area contributed by atoms with E-state index in [4.69, 9.17) is 9.84 Å². The van der Waals surface area contributed by atoms with Crippen LogP contribution < -0.4 is 5.32 Å². The third-order valence-corrected chi connectivity index (χ3v) is 1.10. The minimum atomic E-state index is -0.328. The molecule has 0 spiro atoms. The van der Waals surface area contributed by atoms with Crippen molar-refractivity contribution in [1.29, 1.82) is 0 Å². The summed E-state index contributed by atoms with van der Waals surface area (Å²) in [5.74, 6) is -0.312. The number of rotatable bonds is 6. The van der Waals surface area contributed by atoms with Crippen LogP contribution in [-0.2, 0) is 9.53 Å². The first-order chi connectivity index (χ1) is 7.09. The quantitative estimate of drug-likeness (QED) is 0.299. The highest BCUT2D eigenvalue weighted by Crippen LogP contribution is 1.82. The van der Waals surface area contributed by atoms with Crippen LogP contribution in [0.3, 0.4) is 0 Å². The Morgan fingerprint density at radius 2 is 1.87 bits per heavy atom. The maximum absolute atomic E-state index is 10.4. The van der Waals surface area contributed by atoms with Gasteiger partial charge in [0.25, 0.3) is 0 Å². The van der Waals surface area contributed by atoms with Crippen LogP contribution in [0.5, 0.6) is 0 Å². The topological polar surface area (TPSA) is 58.6 Å². The third-order valence-electron chi connectivity index (χ3n) is 1.10. The van der Waals surface area contributed by atoms with Crippen LogP contribution in [-0.4, -0.2) is 31.0 Å². The molecule has 0 heterocycles. The van der Waals surface area contributed by atoms with Crippen LogP contribution in [0.1, 0.15) is 6.92 Å². The molecular weight excluding hydrogens is 194 g/mol. The van der Waals surface area contributed by atoms with Gasteiger partial charge >= 0.3 is 0 Å². The molecule has 0 rings (SSSR count). The minimum absolute atomic E-state index is 0.312. The highest BCUT2D eigenvalue weighted by molar-refractivity contribution is 5.91. The molecule has 0 aromatic rings. The molecule has 0 aromatic carbocycles. The van der Waals surface area contributed by atoms with Crippen molar-refractivity contribution in [2.24, 2.45) is 0 Å². The molecule has 86 valence electrons. The molecule has 0 aromatic heterocycles.